The molecular weight excluding hydrogens is 254 g/mol. The molecule has 0 radical (unpaired) electrons. The van der Waals surface area contributed by atoms with Gasteiger partial charge in [0.2, 0.25) is 15.9 Å². The number of sulfonamides is 1. The van der Waals surface area contributed by atoms with Gasteiger partial charge in [-0.25, -0.2) is 13.1 Å². The lowest BCUT2D eigenvalue weighted by atomic mass is 10.3. The molecule has 0 aliphatic heterocycles. The van der Waals surface area contributed by atoms with Gasteiger partial charge in [0.1, 0.15) is 4.90 Å². The molecule has 0 saturated heterocycles. The molecule has 0 spiro atoms. The van der Waals surface area contributed by atoms with Crippen LogP contribution in [0.1, 0.15) is 6.92 Å². The second-order valence-corrected chi connectivity index (χ2v) is 5.51. The fraction of sp³-hybridized carbons (Fsp3) is 0.364. The van der Waals surface area contributed by atoms with E-state index >= 15 is 0 Å². The van der Waals surface area contributed by atoms with Crippen molar-refractivity contribution in [3.05, 3.63) is 24.3 Å². The van der Waals surface area contributed by atoms with E-state index in [0.29, 0.717) is 6.54 Å². The third-order valence-electron chi connectivity index (χ3n) is 2.52. The Morgan fingerprint density at radius 2 is 2.00 bits per heavy atom. The van der Waals surface area contributed by atoms with Gasteiger partial charge in [0, 0.05) is 13.6 Å². The smallest absolute Gasteiger partial charge is 0.243 e. The Hall–Kier alpha value is -1.60. The fourth-order valence-corrected chi connectivity index (χ4v) is 2.38. The molecule has 0 unspecified atom stereocenters. The van der Waals surface area contributed by atoms with E-state index in [9.17, 15) is 13.2 Å². The van der Waals surface area contributed by atoms with Crippen LogP contribution in [0.2, 0.25) is 0 Å². The number of hydrogen-bond acceptors (Lipinski definition) is 4. The van der Waals surface area contributed by atoms with E-state index < -0.39 is 10.0 Å². The normalized spacial score (nSPS) is 11.2. The first kappa shape index (κ1) is 14.5. The van der Waals surface area contributed by atoms with Gasteiger partial charge in [-0.2, -0.15) is 0 Å². The highest BCUT2D eigenvalue weighted by Gasteiger charge is 2.18. The van der Waals surface area contributed by atoms with Crippen LogP contribution in [0.25, 0.3) is 0 Å². The van der Waals surface area contributed by atoms with Crippen LogP contribution in [-0.2, 0) is 14.8 Å². The number of nitrogens with zero attached hydrogens (tertiary/aromatic N) is 1. The molecule has 0 aliphatic carbocycles. The van der Waals surface area contributed by atoms with Crippen molar-refractivity contribution in [2.45, 2.75) is 11.8 Å². The van der Waals surface area contributed by atoms with Crippen LogP contribution in [0.4, 0.5) is 5.69 Å². The summed E-state index contributed by atoms with van der Waals surface area (Å²) in [6.07, 6.45) is 0. The maximum Gasteiger partial charge on any atom is 0.243 e. The topological polar surface area (TPSA) is 92.5 Å². The summed E-state index contributed by atoms with van der Waals surface area (Å²) in [6, 6.07) is 6.11. The number of benzene rings is 1. The largest absolute Gasteiger partial charge is 0.398 e. The number of hydrogen-bond donors (Lipinski definition) is 2. The zero-order chi connectivity index (χ0) is 13.8. The number of carbonyl (C=O) groups excluding carboxylic acids is 1. The Morgan fingerprint density at radius 3 is 2.56 bits per heavy atom. The van der Waals surface area contributed by atoms with Gasteiger partial charge >= 0.3 is 0 Å². The van der Waals surface area contributed by atoms with E-state index in [1.54, 1.807) is 19.2 Å². The van der Waals surface area contributed by atoms with Gasteiger partial charge in [0.05, 0.1) is 12.2 Å². The van der Waals surface area contributed by atoms with Crippen molar-refractivity contribution < 1.29 is 13.2 Å². The van der Waals surface area contributed by atoms with Gasteiger partial charge < -0.3 is 10.6 Å². The first-order chi connectivity index (χ1) is 8.38. The van der Waals surface area contributed by atoms with Crippen LogP contribution in [0, 0.1) is 0 Å². The summed E-state index contributed by atoms with van der Waals surface area (Å²) in [6.45, 7) is 2.05. The summed E-state index contributed by atoms with van der Waals surface area (Å²) in [5.41, 5.74) is 5.74. The molecule has 100 valence electrons. The highest BCUT2D eigenvalue weighted by Crippen LogP contribution is 2.16. The summed E-state index contributed by atoms with van der Waals surface area (Å²) < 4.78 is 26.0. The molecule has 0 heterocycles. The number of likely N-dealkylation sites (N-methyl/N-ethyl adjacent to an activating group) is 1. The first-order valence-corrected chi connectivity index (χ1v) is 6.95. The van der Waals surface area contributed by atoms with E-state index in [-0.39, 0.29) is 23.0 Å². The van der Waals surface area contributed by atoms with Gasteiger partial charge in [0.25, 0.3) is 0 Å². The molecule has 0 aromatic heterocycles. The highest BCUT2D eigenvalue weighted by molar-refractivity contribution is 7.89. The quantitative estimate of drug-likeness (QED) is 0.739. The predicted octanol–water partition coefficient (Wildman–Crippen LogP) is 0.0254. The van der Waals surface area contributed by atoms with Crippen molar-refractivity contribution >= 4 is 21.6 Å². The van der Waals surface area contributed by atoms with Crippen LogP contribution in [-0.4, -0.2) is 39.4 Å². The fourth-order valence-electron chi connectivity index (χ4n) is 1.27. The summed E-state index contributed by atoms with van der Waals surface area (Å²) in [7, 11) is -2.15. The molecule has 18 heavy (non-hydrogen) atoms. The first-order valence-electron chi connectivity index (χ1n) is 5.46. The third kappa shape index (κ3) is 3.44. The Morgan fingerprint density at radius 1 is 1.39 bits per heavy atom. The lowest BCUT2D eigenvalue weighted by Crippen LogP contribution is -2.38. The zero-order valence-electron chi connectivity index (χ0n) is 10.4. The zero-order valence-corrected chi connectivity index (χ0v) is 11.2. The van der Waals surface area contributed by atoms with E-state index in [0.717, 1.165) is 0 Å². The van der Waals surface area contributed by atoms with E-state index in [1.165, 1.54) is 17.0 Å². The Labute approximate surface area is 107 Å². The summed E-state index contributed by atoms with van der Waals surface area (Å²) >= 11 is 0. The molecular formula is C11H17N3O3S. The van der Waals surface area contributed by atoms with E-state index in [4.69, 9.17) is 5.73 Å². The van der Waals surface area contributed by atoms with Crippen LogP contribution in [0.3, 0.4) is 0 Å². The minimum Gasteiger partial charge on any atom is -0.398 e. The second-order valence-electron chi connectivity index (χ2n) is 3.77. The van der Waals surface area contributed by atoms with Gasteiger partial charge in [0.15, 0.2) is 0 Å². The Balaban J connectivity index is 2.79. The minimum absolute atomic E-state index is 0.0167. The van der Waals surface area contributed by atoms with Crippen LogP contribution in [0.15, 0.2) is 29.2 Å². The van der Waals surface area contributed by atoms with Crippen LogP contribution in [0.5, 0.6) is 0 Å². The number of anilines is 1. The highest BCUT2D eigenvalue weighted by atomic mass is 32.2. The lowest BCUT2D eigenvalue weighted by molar-refractivity contribution is -0.128. The number of nitrogens with one attached hydrogen (secondary N) is 1. The van der Waals surface area contributed by atoms with Gasteiger partial charge in [-0.3, -0.25) is 4.79 Å². The van der Waals surface area contributed by atoms with Gasteiger partial charge in [-0.05, 0) is 19.1 Å². The van der Waals surface area contributed by atoms with E-state index in [1.807, 2.05) is 6.92 Å². The maximum atomic E-state index is 11.9. The molecule has 0 bridgehead atoms. The number of para-hydroxylation sites is 1. The Bertz CT molecular complexity index is 528. The van der Waals surface area contributed by atoms with Crippen molar-refractivity contribution in [2.24, 2.45) is 0 Å². The van der Waals surface area contributed by atoms with Crippen molar-refractivity contribution in [3.8, 4) is 0 Å². The molecule has 1 aromatic rings. The SMILES string of the molecule is CCN(C)C(=O)CNS(=O)(=O)c1ccccc1N. The van der Waals surface area contributed by atoms with E-state index in [2.05, 4.69) is 4.72 Å². The van der Waals surface area contributed by atoms with Gasteiger partial charge in [-0.15, -0.1) is 0 Å². The number of carbonyl (C=O) groups is 1. The third-order valence-corrected chi connectivity index (χ3v) is 4.00. The average molecular weight is 271 g/mol. The molecule has 0 fully saturated rings. The molecule has 6 nitrogen and oxygen atoms in total. The number of nitrogen functional groups attached to an aromatic ring is 1. The monoisotopic (exact) mass is 271 g/mol. The van der Waals surface area contributed by atoms with Crippen LogP contribution >= 0.6 is 0 Å². The second kappa shape index (κ2) is 5.83. The number of amides is 1. The standard InChI is InChI=1S/C11H17N3O3S/c1-3-14(2)11(15)8-13-18(16,17)10-7-5-4-6-9(10)12/h4-7,13H,3,8,12H2,1-2H3. The molecule has 7 heteroatoms. The molecule has 0 atom stereocenters. The minimum atomic E-state index is -3.75. The summed E-state index contributed by atoms with van der Waals surface area (Å²) in [5.74, 6) is -0.296. The number of rotatable bonds is 5. The Kier molecular flexibility index (Phi) is 4.69. The maximum absolute atomic E-state index is 11.9. The molecule has 1 amide bonds. The predicted molar refractivity (Wildman–Crippen MR) is 69.4 cm³/mol. The molecule has 0 saturated carbocycles. The van der Waals surface area contributed by atoms with Crippen molar-refractivity contribution in [3.63, 3.8) is 0 Å². The molecule has 1 rings (SSSR count). The molecule has 0 aliphatic rings. The van der Waals surface area contributed by atoms with Crippen molar-refractivity contribution in [1.29, 1.82) is 0 Å². The van der Waals surface area contributed by atoms with Crippen molar-refractivity contribution in [1.82, 2.24) is 9.62 Å². The number of nitrogens with two attached hydrogens (primary N) is 1. The van der Waals surface area contributed by atoms with Crippen molar-refractivity contribution in [2.75, 3.05) is 25.9 Å². The molecule has 1 aromatic carbocycles. The summed E-state index contributed by atoms with van der Waals surface area (Å²) in [4.78, 5) is 12.9. The average Bonchev–Trinajstić information content (AvgIpc) is 2.35. The van der Waals surface area contributed by atoms with Crippen LogP contribution < -0.4 is 10.5 Å². The van der Waals surface area contributed by atoms with Gasteiger partial charge in [-0.1, -0.05) is 12.1 Å². The lowest BCUT2D eigenvalue weighted by Gasteiger charge is -2.15. The summed E-state index contributed by atoms with van der Waals surface area (Å²) in [5, 5.41) is 0. The molecule has 3 N–H and O–H groups in total.